The molecule has 5 nitrogen and oxygen atoms in total. The number of aromatic nitrogens is 1. The van der Waals surface area contributed by atoms with Crippen LogP contribution in [-0.4, -0.2) is 17.1 Å². The summed E-state index contributed by atoms with van der Waals surface area (Å²) in [5, 5.41) is 12.7. The van der Waals surface area contributed by atoms with Crippen molar-refractivity contribution in [1.82, 2.24) is 4.98 Å². The van der Waals surface area contributed by atoms with Gasteiger partial charge in [-0.15, -0.1) is 0 Å². The van der Waals surface area contributed by atoms with Gasteiger partial charge in [0.25, 0.3) is 0 Å². The van der Waals surface area contributed by atoms with Gasteiger partial charge in [0.05, 0.1) is 13.2 Å². The van der Waals surface area contributed by atoms with Gasteiger partial charge in [-0.25, -0.2) is 4.85 Å². The molecule has 3 rings (SSSR count). The van der Waals surface area contributed by atoms with Gasteiger partial charge in [-0.05, 0) is 29.2 Å². The maximum Gasteiger partial charge on any atom is 0.491 e. The van der Waals surface area contributed by atoms with Crippen molar-refractivity contribution < 1.29 is 9.68 Å². The zero-order valence-corrected chi connectivity index (χ0v) is 10.00. The van der Waals surface area contributed by atoms with E-state index in [0.29, 0.717) is 18.1 Å². The van der Waals surface area contributed by atoms with Crippen LogP contribution >= 0.6 is 0 Å². The van der Waals surface area contributed by atoms with Crippen LogP contribution in [0.15, 0.2) is 36.5 Å². The van der Waals surface area contributed by atoms with Crippen LogP contribution in [0.25, 0.3) is 4.85 Å². The molecule has 1 aromatic carbocycles. The van der Waals surface area contributed by atoms with Crippen molar-refractivity contribution in [1.29, 1.82) is 0 Å². The lowest BCUT2D eigenvalue weighted by atomic mass is 9.79. The number of anilines is 2. The van der Waals surface area contributed by atoms with Crippen molar-refractivity contribution in [2.45, 2.75) is 6.61 Å². The van der Waals surface area contributed by atoms with Crippen LogP contribution < -0.4 is 10.8 Å². The van der Waals surface area contributed by atoms with Crippen molar-refractivity contribution in [2.24, 2.45) is 0 Å². The van der Waals surface area contributed by atoms with Crippen LogP contribution in [0, 0.1) is 6.57 Å². The van der Waals surface area contributed by atoms with Crippen molar-refractivity contribution in [3.05, 3.63) is 53.5 Å². The highest BCUT2D eigenvalue weighted by Gasteiger charge is 2.26. The first-order valence-corrected chi connectivity index (χ1v) is 5.79. The normalized spacial score (nSPS) is 12.9. The molecule has 1 aliphatic heterocycles. The van der Waals surface area contributed by atoms with Gasteiger partial charge >= 0.3 is 7.12 Å². The van der Waals surface area contributed by atoms with E-state index in [4.69, 9.17) is 11.2 Å². The van der Waals surface area contributed by atoms with Crippen LogP contribution in [0.2, 0.25) is 0 Å². The Labute approximate surface area is 110 Å². The largest absolute Gasteiger partial charge is 0.491 e. The van der Waals surface area contributed by atoms with Crippen LogP contribution in [0.5, 0.6) is 0 Å². The van der Waals surface area contributed by atoms with Gasteiger partial charge in [0.2, 0.25) is 5.69 Å². The smallest absolute Gasteiger partial charge is 0.423 e. The third kappa shape index (κ3) is 2.29. The number of hydrogen-bond donors (Lipinski definition) is 2. The summed E-state index contributed by atoms with van der Waals surface area (Å²) in [5.41, 5.74) is 3.16. The van der Waals surface area contributed by atoms with E-state index in [0.717, 1.165) is 16.7 Å². The maximum atomic E-state index is 9.54. The predicted molar refractivity (Wildman–Crippen MR) is 72.6 cm³/mol. The Morgan fingerprint density at radius 1 is 1.37 bits per heavy atom. The molecule has 0 spiro atoms. The average molecular weight is 251 g/mol. The molecule has 0 amide bonds. The lowest BCUT2D eigenvalue weighted by Gasteiger charge is -2.07. The number of nitrogens with one attached hydrogen (secondary N) is 1. The molecule has 0 fully saturated rings. The second-order valence-electron chi connectivity index (χ2n) is 4.22. The molecule has 0 bridgehead atoms. The molecule has 6 heteroatoms. The Morgan fingerprint density at radius 2 is 2.26 bits per heavy atom. The second-order valence-corrected chi connectivity index (χ2v) is 4.22. The fourth-order valence-corrected chi connectivity index (χ4v) is 1.98. The fraction of sp³-hybridized carbons (Fsp3) is 0.0769. The standard InChI is InChI=1S/C13H10BN3O2/c1-15-11-3-5-13(16-7-11)17-10-2-4-12-9(6-10)8-19-14(12)18/h2-7,18H,8H2,(H,16,17). The Kier molecular flexibility index (Phi) is 2.92. The van der Waals surface area contributed by atoms with Crippen molar-refractivity contribution in [3.63, 3.8) is 0 Å². The minimum absolute atomic E-state index is 0.413. The Morgan fingerprint density at radius 3 is 3.00 bits per heavy atom. The van der Waals surface area contributed by atoms with Crippen LogP contribution in [0.1, 0.15) is 5.56 Å². The summed E-state index contributed by atoms with van der Waals surface area (Å²) < 4.78 is 5.14. The summed E-state index contributed by atoms with van der Waals surface area (Å²) >= 11 is 0. The zero-order chi connectivity index (χ0) is 13.2. The van der Waals surface area contributed by atoms with E-state index >= 15 is 0 Å². The number of nitrogens with zero attached hydrogens (tertiary/aromatic N) is 2. The molecule has 0 radical (unpaired) electrons. The maximum absolute atomic E-state index is 9.54. The number of hydrogen-bond acceptors (Lipinski definition) is 4. The lowest BCUT2D eigenvalue weighted by Crippen LogP contribution is -2.27. The first-order chi connectivity index (χ1) is 9.26. The highest BCUT2D eigenvalue weighted by Crippen LogP contribution is 2.20. The van der Waals surface area contributed by atoms with E-state index in [9.17, 15) is 5.02 Å². The van der Waals surface area contributed by atoms with Crippen LogP contribution in [0.4, 0.5) is 17.2 Å². The molecular weight excluding hydrogens is 241 g/mol. The molecule has 0 aliphatic carbocycles. The molecule has 0 saturated heterocycles. The summed E-state index contributed by atoms with van der Waals surface area (Å²) in [6, 6.07) is 9.09. The zero-order valence-electron chi connectivity index (χ0n) is 10.00. The quantitative estimate of drug-likeness (QED) is 0.628. The number of benzene rings is 1. The highest BCUT2D eigenvalue weighted by atomic mass is 16.5. The Bertz CT molecular complexity index is 652. The number of pyridine rings is 1. The second kappa shape index (κ2) is 4.73. The molecule has 0 atom stereocenters. The molecule has 2 aromatic rings. The van der Waals surface area contributed by atoms with E-state index in [2.05, 4.69) is 15.1 Å². The molecule has 2 N–H and O–H groups in total. The van der Waals surface area contributed by atoms with Gasteiger partial charge in [-0.2, -0.15) is 0 Å². The number of rotatable bonds is 2. The molecular formula is C13H10BN3O2. The van der Waals surface area contributed by atoms with E-state index in [1.165, 1.54) is 6.20 Å². The average Bonchev–Trinajstić information content (AvgIpc) is 2.81. The monoisotopic (exact) mass is 251 g/mol. The predicted octanol–water partition coefficient (Wildman–Crippen LogP) is 1.59. The molecule has 19 heavy (non-hydrogen) atoms. The summed E-state index contributed by atoms with van der Waals surface area (Å²) in [6.07, 6.45) is 1.52. The van der Waals surface area contributed by atoms with Gasteiger partial charge in [0, 0.05) is 11.9 Å². The molecule has 0 unspecified atom stereocenters. The molecule has 92 valence electrons. The third-order valence-electron chi connectivity index (χ3n) is 2.96. The van der Waals surface area contributed by atoms with Gasteiger partial charge in [-0.3, -0.25) is 4.98 Å². The van der Waals surface area contributed by atoms with Crippen LogP contribution in [0.3, 0.4) is 0 Å². The fourth-order valence-electron chi connectivity index (χ4n) is 1.98. The van der Waals surface area contributed by atoms with E-state index < -0.39 is 7.12 Å². The summed E-state index contributed by atoms with van der Waals surface area (Å²) in [4.78, 5) is 7.44. The Hall–Kier alpha value is -2.36. The van der Waals surface area contributed by atoms with Gasteiger partial charge < -0.3 is 15.0 Å². The first kappa shape index (κ1) is 11.7. The molecule has 1 aromatic heterocycles. The Balaban J connectivity index is 1.82. The SMILES string of the molecule is [C-]#[N+]c1ccc(Nc2ccc3c(c2)COB3O)nc1. The molecule has 1 aliphatic rings. The van der Waals surface area contributed by atoms with E-state index in [1.54, 1.807) is 12.1 Å². The minimum atomic E-state index is -0.819. The first-order valence-electron chi connectivity index (χ1n) is 5.79. The molecule has 0 saturated carbocycles. The highest BCUT2D eigenvalue weighted by molar-refractivity contribution is 6.61. The summed E-state index contributed by atoms with van der Waals surface area (Å²) in [6.45, 7) is 7.28. The topological polar surface area (TPSA) is 58.7 Å². The summed E-state index contributed by atoms with van der Waals surface area (Å²) in [7, 11) is -0.819. The number of fused-ring (bicyclic) bond motifs is 1. The van der Waals surface area contributed by atoms with Crippen molar-refractivity contribution >= 4 is 29.8 Å². The van der Waals surface area contributed by atoms with Crippen molar-refractivity contribution in [2.75, 3.05) is 5.32 Å². The van der Waals surface area contributed by atoms with Crippen LogP contribution in [-0.2, 0) is 11.3 Å². The van der Waals surface area contributed by atoms with Gasteiger partial charge in [-0.1, -0.05) is 12.1 Å². The van der Waals surface area contributed by atoms with E-state index in [1.807, 2.05) is 18.2 Å². The lowest BCUT2D eigenvalue weighted by molar-refractivity contribution is 0.275. The summed E-state index contributed by atoms with van der Waals surface area (Å²) in [5.74, 6) is 0.673. The minimum Gasteiger partial charge on any atom is -0.423 e. The van der Waals surface area contributed by atoms with Gasteiger partial charge in [0.1, 0.15) is 5.82 Å². The molecule has 2 heterocycles. The van der Waals surface area contributed by atoms with Crippen molar-refractivity contribution in [3.8, 4) is 0 Å². The van der Waals surface area contributed by atoms with E-state index in [-0.39, 0.29) is 0 Å². The van der Waals surface area contributed by atoms with Gasteiger partial charge in [0.15, 0.2) is 0 Å². The third-order valence-corrected chi connectivity index (χ3v) is 2.96.